The highest BCUT2D eigenvalue weighted by Crippen LogP contribution is 2.65. The summed E-state index contributed by atoms with van der Waals surface area (Å²) >= 11 is 0. The standard InChI is InChI=1S/C20H30O3/c1-19-8-6-16-15-5-3-14(22)12-13(15)2-4-17(16)18(19)7-9-20(19,23)10-11-21/h12,15-18,21,23H,2-11H2,1H3/t15-,16+,17+,18-,19-,20?/m0/s1. The first-order valence-corrected chi connectivity index (χ1v) is 9.55. The number of hydrogen-bond donors (Lipinski definition) is 2. The van der Waals surface area contributed by atoms with E-state index in [9.17, 15) is 15.0 Å². The van der Waals surface area contributed by atoms with Crippen molar-refractivity contribution in [2.24, 2.45) is 29.1 Å². The molecule has 0 radical (unpaired) electrons. The fraction of sp³-hybridized carbons (Fsp3) is 0.850. The lowest BCUT2D eigenvalue weighted by Gasteiger charge is -2.55. The van der Waals surface area contributed by atoms with Gasteiger partial charge in [0.25, 0.3) is 0 Å². The van der Waals surface area contributed by atoms with Gasteiger partial charge in [0.05, 0.1) is 5.60 Å². The number of allylic oxidation sites excluding steroid dienone is 1. The van der Waals surface area contributed by atoms with Crippen molar-refractivity contribution >= 4 is 5.78 Å². The number of rotatable bonds is 2. The van der Waals surface area contributed by atoms with Gasteiger partial charge in [-0.15, -0.1) is 0 Å². The maximum absolute atomic E-state index is 11.7. The van der Waals surface area contributed by atoms with Crippen LogP contribution in [0.4, 0.5) is 0 Å². The monoisotopic (exact) mass is 318 g/mol. The summed E-state index contributed by atoms with van der Waals surface area (Å²) in [7, 11) is 0. The predicted molar refractivity (Wildman–Crippen MR) is 88.7 cm³/mol. The summed E-state index contributed by atoms with van der Waals surface area (Å²) in [6.07, 6.45) is 10.8. The van der Waals surface area contributed by atoms with Crippen LogP contribution in [0.1, 0.15) is 64.7 Å². The van der Waals surface area contributed by atoms with Crippen molar-refractivity contribution in [3.63, 3.8) is 0 Å². The van der Waals surface area contributed by atoms with E-state index in [1.165, 1.54) is 18.4 Å². The second-order valence-electron chi connectivity index (χ2n) is 8.80. The minimum Gasteiger partial charge on any atom is -0.396 e. The first-order valence-electron chi connectivity index (χ1n) is 9.55. The van der Waals surface area contributed by atoms with Crippen molar-refractivity contribution in [1.82, 2.24) is 0 Å². The number of aliphatic hydroxyl groups excluding tert-OH is 1. The van der Waals surface area contributed by atoms with Gasteiger partial charge in [0.2, 0.25) is 0 Å². The molecule has 3 saturated carbocycles. The van der Waals surface area contributed by atoms with Crippen LogP contribution in [0.3, 0.4) is 0 Å². The first-order chi connectivity index (χ1) is 11.0. The molecular formula is C20H30O3. The highest BCUT2D eigenvalue weighted by molar-refractivity contribution is 5.91. The summed E-state index contributed by atoms with van der Waals surface area (Å²) in [5.74, 6) is 2.97. The number of ketones is 1. The second-order valence-corrected chi connectivity index (χ2v) is 8.80. The van der Waals surface area contributed by atoms with Crippen LogP contribution >= 0.6 is 0 Å². The average molecular weight is 318 g/mol. The Balaban J connectivity index is 1.61. The Bertz CT molecular complexity index is 539. The Morgan fingerprint density at radius 1 is 1.13 bits per heavy atom. The van der Waals surface area contributed by atoms with Gasteiger partial charge in [-0.1, -0.05) is 12.5 Å². The van der Waals surface area contributed by atoms with Crippen LogP contribution in [-0.2, 0) is 4.79 Å². The maximum Gasteiger partial charge on any atom is 0.155 e. The summed E-state index contributed by atoms with van der Waals surface area (Å²) in [6, 6.07) is 0. The van der Waals surface area contributed by atoms with Crippen molar-refractivity contribution in [3.8, 4) is 0 Å². The van der Waals surface area contributed by atoms with Crippen LogP contribution in [0, 0.1) is 29.1 Å². The fourth-order valence-electron chi connectivity index (χ4n) is 6.89. The topological polar surface area (TPSA) is 57.5 Å². The molecule has 128 valence electrons. The highest BCUT2D eigenvalue weighted by atomic mass is 16.3. The molecule has 3 fully saturated rings. The Morgan fingerprint density at radius 3 is 2.74 bits per heavy atom. The molecule has 0 aromatic carbocycles. The Morgan fingerprint density at radius 2 is 1.96 bits per heavy atom. The molecule has 0 saturated heterocycles. The third-order valence-corrected chi connectivity index (χ3v) is 8.15. The van der Waals surface area contributed by atoms with Gasteiger partial charge in [-0.2, -0.15) is 0 Å². The zero-order chi connectivity index (χ0) is 16.2. The van der Waals surface area contributed by atoms with Crippen LogP contribution in [0.15, 0.2) is 11.6 Å². The molecule has 1 unspecified atom stereocenters. The normalized spacial score (nSPS) is 49.2. The Hall–Kier alpha value is -0.670. The number of carbonyl (C=O) groups is 1. The second kappa shape index (κ2) is 5.42. The molecule has 3 heteroatoms. The minimum atomic E-state index is -0.671. The molecule has 0 heterocycles. The van der Waals surface area contributed by atoms with Crippen LogP contribution < -0.4 is 0 Å². The van der Waals surface area contributed by atoms with E-state index in [4.69, 9.17) is 0 Å². The van der Waals surface area contributed by atoms with E-state index in [1.807, 2.05) is 6.08 Å². The lowest BCUT2D eigenvalue weighted by Crippen LogP contribution is -2.53. The van der Waals surface area contributed by atoms with Crippen LogP contribution in [0.5, 0.6) is 0 Å². The lowest BCUT2D eigenvalue weighted by atomic mass is 9.50. The van der Waals surface area contributed by atoms with E-state index in [1.54, 1.807) is 0 Å². The molecule has 0 aromatic heterocycles. The summed E-state index contributed by atoms with van der Waals surface area (Å²) in [5.41, 5.74) is 0.730. The molecule has 0 aromatic rings. The van der Waals surface area contributed by atoms with Gasteiger partial charge < -0.3 is 10.2 Å². The first kappa shape index (κ1) is 15.8. The predicted octanol–water partition coefficient (Wildman–Crippen LogP) is 3.24. The molecule has 2 N–H and O–H groups in total. The summed E-state index contributed by atoms with van der Waals surface area (Å²) in [4.78, 5) is 11.7. The smallest absolute Gasteiger partial charge is 0.155 e. The van der Waals surface area contributed by atoms with Gasteiger partial charge in [0, 0.05) is 13.0 Å². The molecule has 3 nitrogen and oxygen atoms in total. The zero-order valence-electron chi connectivity index (χ0n) is 14.3. The van der Waals surface area contributed by atoms with Crippen molar-refractivity contribution < 1.29 is 15.0 Å². The Kier molecular flexibility index (Phi) is 3.73. The van der Waals surface area contributed by atoms with Gasteiger partial charge in [-0.05, 0) is 86.5 Å². The van der Waals surface area contributed by atoms with Crippen molar-refractivity contribution in [1.29, 1.82) is 0 Å². The molecule has 4 aliphatic rings. The van der Waals surface area contributed by atoms with Crippen LogP contribution in [0.25, 0.3) is 0 Å². The summed E-state index contributed by atoms with van der Waals surface area (Å²) < 4.78 is 0. The molecule has 4 rings (SSSR count). The number of hydrogen-bond acceptors (Lipinski definition) is 3. The number of aliphatic hydroxyl groups is 2. The van der Waals surface area contributed by atoms with Crippen molar-refractivity contribution in [2.45, 2.75) is 70.3 Å². The molecule has 0 amide bonds. The van der Waals surface area contributed by atoms with Crippen molar-refractivity contribution in [2.75, 3.05) is 6.61 Å². The van der Waals surface area contributed by atoms with Gasteiger partial charge in [-0.25, -0.2) is 0 Å². The van der Waals surface area contributed by atoms with Crippen molar-refractivity contribution in [3.05, 3.63) is 11.6 Å². The third kappa shape index (κ3) is 2.19. The molecule has 0 aliphatic heterocycles. The number of carbonyl (C=O) groups excluding carboxylic acids is 1. The molecule has 0 bridgehead atoms. The van der Waals surface area contributed by atoms with E-state index in [0.29, 0.717) is 30.0 Å². The van der Waals surface area contributed by atoms with E-state index in [0.717, 1.165) is 44.4 Å². The van der Waals surface area contributed by atoms with Gasteiger partial charge in [-0.3, -0.25) is 4.79 Å². The third-order valence-electron chi connectivity index (χ3n) is 8.15. The van der Waals surface area contributed by atoms with Gasteiger partial charge in [0.15, 0.2) is 5.78 Å². The summed E-state index contributed by atoms with van der Waals surface area (Å²) in [5, 5.41) is 20.6. The van der Waals surface area contributed by atoms with E-state index < -0.39 is 5.60 Å². The molecular weight excluding hydrogens is 288 g/mol. The Labute approximate surface area is 139 Å². The molecule has 6 atom stereocenters. The zero-order valence-corrected chi connectivity index (χ0v) is 14.3. The summed E-state index contributed by atoms with van der Waals surface area (Å²) in [6.45, 7) is 2.37. The van der Waals surface area contributed by atoms with Crippen LogP contribution in [-0.4, -0.2) is 28.2 Å². The fourth-order valence-corrected chi connectivity index (χ4v) is 6.89. The van der Waals surface area contributed by atoms with Crippen LogP contribution in [0.2, 0.25) is 0 Å². The largest absolute Gasteiger partial charge is 0.396 e. The minimum absolute atomic E-state index is 0.0252. The van der Waals surface area contributed by atoms with E-state index in [2.05, 4.69) is 6.92 Å². The lowest BCUT2D eigenvalue weighted by molar-refractivity contribution is -0.127. The van der Waals surface area contributed by atoms with E-state index >= 15 is 0 Å². The maximum atomic E-state index is 11.7. The highest BCUT2D eigenvalue weighted by Gasteiger charge is 2.61. The van der Waals surface area contributed by atoms with E-state index in [-0.39, 0.29) is 12.0 Å². The SMILES string of the molecule is C[C@]12CC[C@H]3[C@@H](CCC4=CC(=O)CC[C@@H]43)[C@@H]1CCC2(O)CCO. The molecule has 0 spiro atoms. The quantitative estimate of drug-likeness (QED) is 0.822. The van der Waals surface area contributed by atoms with Gasteiger partial charge in [0.1, 0.15) is 0 Å². The average Bonchev–Trinajstić information content (AvgIpc) is 2.79. The number of fused-ring (bicyclic) bond motifs is 5. The molecule has 4 aliphatic carbocycles. The van der Waals surface area contributed by atoms with Gasteiger partial charge >= 0.3 is 0 Å². The molecule has 23 heavy (non-hydrogen) atoms.